The molecule has 19 heavy (non-hydrogen) atoms. The Balaban J connectivity index is 3.08. The van der Waals surface area contributed by atoms with Crippen molar-refractivity contribution in [2.24, 2.45) is 5.41 Å². The fraction of sp³-hybridized carbons (Fsp3) is 0.357. The van der Waals surface area contributed by atoms with Gasteiger partial charge < -0.3 is 5.32 Å². The summed E-state index contributed by atoms with van der Waals surface area (Å²) in [5.74, 6) is -0.128. The smallest absolute Gasteiger partial charge is 0.212 e. The Morgan fingerprint density at radius 1 is 1.21 bits per heavy atom. The molecular formula is C14H19NO3S. The van der Waals surface area contributed by atoms with Gasteiger partial charge in [-0.3, -0.25) is 4.79 Å². The van der Waals surface area contributed by atoms with Crippen LogP contribution in [0, 0.1) is 5.41 Å². The van der Waals surface area contributed by atoms with E-state index in [4.69, 9.17) is 0 Å². The van der Waals surface area contributed by atoms with Gasteiger partial charge in [0.1, 0.15) is 5.03 Å². The number of hydrogen-bond acceptors (Lipinski definition) is 3. The third kappa shape index (κ3) is 5.26. The van der Waals surface area contributed by atoms with E-state index in [9.17, 15) is 13.2 Å². The highest BCUT2D eigenvalue weighted by Gasteiger charge is 2.21. The van der Waals surface area contributed by atoms with E-state index in [1.54, 1.807) is 30.3 Å². The predicted molar refractivity (Wildman–Crippen MR) is 75.8 cm³/mol. The quantitative estimate of drug-likeness (QED) is 0.842. The normalized spacial score (nSPS) is 13.1. The molecule has 1 aromatic carbocycles. The van der Waals surface area contributed by atoms with Crippen molar-refractivity contribution in [1.82, 2.24) is 5.32 Å². The maximum Gasteiger partial charge on any atom is 0.212 e. The highest BCUT2D eigenvalue weighted by atomic mass is 32.2. The molecule has 1 amide bonds. The van der Waals surface area contributed by atoms with Crippen molar-refractivity contribution in [1.29, 1.82) is 0 Å². The SMILES string of the molecule is CC(C)(C)C=C(NC=O)S(=O)(=O)Cc1ccccc1. The van der Waals surface area contributed by atoms with E-state index in [1.165, 1.54) is 0 Å². The fourth-order valence-electron chi connectivity index (χ4n) is 1.54. The molecule has 0 aliphatic carbocycles. The van der Waals surface area contributed by atoms with Crippen LogP contribution in [0.4, 0.5) is 0 Å². The summed E-state index contributed by atoms with van der Waals surface area (Å²) in [4.78, 5) is 10.6. The zero-order chi connectivity index (χ0) is 14.5. The number of amides is 1. The topological polar surface area (TPSA) is 63.2 Å². The molecule has 0 spiro atoms. The number of hydrogen-bond donors (Lipinski definition) is 1. The zero-order valence-electron chi connectivity index (χ0n) is 11.4. The van der Waals surface area contributed by atoms with Crippen molar-refractivity contribution < 1.29 is 13.2 Å². The number of carbonyl (C=O) groups is 1. The van der Waals surface area contributed by atoms with Gasteiger partial charge in [-0.15, -0.1) is 0 Å². The van der Waals surface area contributed by atoms with Crippen LogP contribution in [0.5, 0.6) is 0 Å². The van der Waals surface area contributed by atoms with Gasteiger partial charge in [0.05, 0.1) is 5.75 Å². The van der Waals surface area contributed by atoms with Gasteiger partial charge >= 0.3 is 0 Å². The Morgan fingerprint density at radius 3 is 2.26 bits per heavy atom. The van der Waals surface area contributed by atoms with Crippen LogP contribution in [0.2, 0.25) is 0 Å². The summed E-state index contributed by atoms with van der Waals surface area (Å²) >= 11 is 0. The van der Waals surface area contributed by atoms with E-state index in [0.717, 1.165) is 0 Å². The Kier molecular flexibility index (Phi) is 4.89. The van der Waals surface area contributed by atoms with E-state index >= 15 is 0 Å². The lowest BCUT2D eigenvalue weighted by Gasteiger charge is -2.16. The highest BCUT2D eigenvalue weighted by molar-refractivity contribution is 7.94. The summed E-state index contributed by atoms with van der Waals surface area (Å²) in [6, 6.07) is 8.88. The second-order valence-electron chi connectivity index (χ2n) is 5.38. The molecule has 1 aromatic rings. The minimum atomic E-state index is -3.55. The Hall–Kier alpha value is -1.62. The van der Waals surface area contributed by atoms with Gasteiger partial charge in [-0.2, -0.15) is 0 Å². The Labute approximate surface area is 114 Å². The summed E-state index contributed by atoms with van der Waals surface area (Å²) in [7, 11) is -3.55. The first-order chi connectivity index (χ1) is 8.74. The van der Waals surface area contributed by atoms with Crippen molar-refractivity contribution in [2.75, 3.05) is 0 Å². The second kappa shape index (κ2) is 6.02. The van der Waals surface area contributed by atoms with E-state index in [2.05, 4.69) is 5.32 Å². The monoisotopic (exact) mass is 281 g/mol. The molecule has 0 unspecified atom stereocenters. The van der Waals surface area contributed by atoms with Gasteiger partial charge in [-0.05, 0) is 17.1 Å². The van der Waals surface area contributed by atoms with Crippen LogP contribution in [-0.2, 0) is 20.4 Å². The Morgan fingerprint density at radius 2 is 1.79 bits per heavy atom. The molecule has 0 atom stereocenters. The summed E-state index contributed by atoms with van der Waals surface area (Å²) < 4.78 is 24.6. The average Bonchev–Trinajstić information content (AvgIpc) is 2.27. The fourth-order valence-corrected chi connectivity index (χ4v) is 3.09. The first kappa shape index (κ1) is 15.4. The molecule has 0 bridgehead atoms. The van der Waals surface area contributed by atoms with Crippen LogP contribution < -0.4 is 5.32 Å². The van der Waals surface area contributed by atoms with Crippen LogP contribution in [0.25, 0.3) is 0 Å². The molecular weight excluding hydrogens is 262 g/mol. The maximum absolute atomic E-state index is 12.3. The molecule has 0 fully saturated rings. The number of rotatable bonds is 5. The number of nitrogens with one attached hydrogen (secondary N) is 1. The molecule has 0 aliphatic rings. The number of carbonyl (C=O) groups excluding carboxylic acids is 1. The minimum absolute atomic E-state index is 0.0427. The molecule has 0 saturated heterocycles. The van der Waals surface area contributed by atoms with E-state index in [1.807, 2.05) is 26.8 Å². The van der Waals surface area contributed by atoms with Crippen LogP contribution in [-0.4, -0.2) is 14.8 Å². The average molecular weight is 281 g/mol. The van der Waals surface area contributed by atoms with Gasteiger partial charge in [0, 0.05) is 0 Å². The summed E-state index contributed by atoms with van der Waals surface area (Å²) in [5.41, 5.74) is 0.352. The van der Waals surface area contributed by atoms with Crippen LogP contribution in [0.3, 0.4) is 0 Å². The molecule has 0 aliphatic heterocycles. The van der Waals surface area contributed by atoms with Crippen molar-refractivity contribution in [3.05, 3.63) is 47.0 Å². The molecule has 1 N–H and O–H groups in total. The van der Waals surface area contributed by atoms with E-state index in [-0.39, 0.29) is 16.2 Å². The third-order valence-electron chi connectivity index (χ3n) is 2.30. The lowest BCUT2D eigenvalue weighted by Crippen LogP contribution is -2.23. The predicted octanol–water partition coefficient (Wildman–Crippen LogP) is 2.23. The number of benzene rings is 1. The van der Waals surface area contributed by atoms with Crippen molar-refractivity contribution in [3.63, 3.8) is 0 Å². The molecule has 4 nitrogen and oxygen atoms in total. The molecule has 1 rings (SSSR count). The lowest BCUT2D eigenvalue weighted by molar-refractivity contribution is -0.108. The molecule has 0 saturated carbocycles. The largest absolute Gasteiger partial charge is 0.319 e. The minimum Gasteiger partial charge on any atom is -0.319 e. The van der Waals surface area contributed by atoms with Gasteiger partial charge in [0.15, 0.2) is 9.84 Å². The Bertz CT molecular complexity index is 554. The zero-order valence-corrected chi connectivity index (χ0v) is 12.2. The van der Waals surface area contributed by atoms with Gasteiger partial charge in [0.25, 0.3) is 0 Å². The van der Waals surface area contributed by atoms with Crippen LogP contribution in [0.15, 0.2) is 41.4 Å². The molecule has 0 aromatic heterocycles. The van der Waals surface area contributed by atoms with Crippen molar-refractivity contribution in [3.8, 4) is 0 Å². The number of sulfone groups is 1. The van der Waals surface area contributed by atoms with E-state index in [0.29, 0.717) is 12.0 Å². The summed E-state index contributed by atoms with van der Waals surface area (Å²) in [5, 5.41) is 2.25. The van der Waals surface area contributed by atoms with Crippen molar-refractivity contribution in [2.45, 2.75) is 26.5 Å². The van der Waals surface area contributed by atoms with Gasteiger partial charge in [0.2, 0.25) is 6.41 Å². The van der Waals surface area contributed by atoms with E-state index < -0.39 is 9.84 Å². The summed E-state index contributed by atoms with van der Waals surface area (Å²) in [6.07, 6.45) is 1.94. The van der Waals surface area contributed by atoms with Crippen LogP contribution >= 0.6 is 0 Å². The van der Waals surface area contributed by atoms with Gasteiger partial charge in [-0.25, -0.2) is 8.42 Å². The molecule has 0 heterocycles. The van der Waals surface area contributed by atoms with Gasteiger partial charge in [-0.1, -0.05) is 51.1 Å². The molecule has 0 radical (unpaired) electrons. The maximum atomic E-state index is 12.3. The standard InChI is InChI=1S/C14H19NO3S/c1-14(2,3)9-13(15-11-16)19(17,18)10-12-7-5-4-6-8-12/h4-9,11H,10H2,1-3H3,(H,15,16). The first-order valence-corrected chi connectivity index (χ1v) is 7.59. The number of allylic oxidation sites excluding steroid dienone is 1. The summed E-state index contributed by atoms with van der Waals surface area (Å²) in [6.45, 7) is 5.62. The second-order valence-corrected chi connectivity index (χ2v) is 7.34. The van der Waals surface area contributed by atoms with Crippen molar-refractivity contribution >= 4 is 16.2 Å². The third-order valence-corrected chi connectivity index (χ3v) is 3.92. The first-order valence-electron chi connectivity index (χ1n) is 5.94. The molecule has 5 heteroatoms. The highest BCUT2D eigenvalue weighted by Crippen LogP contribution is 2.21. The lowest BCUT2D eigenvalue weighted by atomic mass is 9.97. The molecule has 104 valence electrons. The van der Waals surface area contributed by atoms with Crippen LogP contribution in [0.1, 0.15) is 26.3 Å².